The van der Waals surface area contributed by atoms with E-state index in [1.807, 2.05) is 6.92 Å². The van der Waals surface area contributed by atoms with Gasteiger partial charge in [0.25, 0.3) is 0 Å². The molecule has 1 aliphatic carbocycles. The Hall–Kier alpha value is -1.51. The lowest BCUT2D eigenvalue weighted by atomic mass is 9.86. The van der Waals surface area contributed by atoms with Gasteiger partial charge in [-0.1, -0.05) is 64.3 Å². The molecule has 3 nitrogen and oxygen atoms in total. The molecule has 0 spiro atoms. The van der Waals surface area contributed by atoms with Crippen LogP contribution < -0.4 is 10.6 Å². The lowest BCUT2D eigenvalue weighted by Gasteiger charge is -2.24. The largest absolute Gasteiger partial charge is 0.335 e. The fraction of sp³-hybridized carbons (Fsp3) is 0.632. The Labute approximate surface area is 134 Å². The Balaban J connectivity index is 1.88. The number of carbonyl (C=O) groups excluding carboxylic acids is 1. The average molecular weight is 302 g/mol. The predicted molar refractivity (Wildman–Crippen MR) is 92.1 cm³/mol. The predicted octanol–water partition coefficient (Wildman–Crippen LogP) is 4.68. The minimum atomic E-state index is -0.0423. The molecule has 1 aliphatic rings. The maximum Gasteiger partial charge on any atom is 0.315 e. The second kappa shape index (κ2) is 7.17. The average Bonchev–Trinajstić information content (AvgIpc) is 2.47. The smallest absolute Gasteiger partial charge is 0.315 e. The summed E-state index contributed by atoms with van der Waals surface area (Å²) in [4.78, 5) is 12.1. The number of nitrogens with one attached hydrogen (secondary N) is 2. The number of benzene rings is 1. The summed E-state index contributed by atoms with van der Waals surface area (Å²) < 4.78 is 0. The van der Waals surface area contributed by atoms with Gasteiger partial charge in [0, 0.05) is 6.04 Å². The number of hydrogen-bond donors (Lipinski definition) is 2. The van der Waals surface area contributed by atoms with Gasteiger partial charge >= 0.3 is 6.03 Å². The van der Waals surface area contributed by atoms with Gasteiger partial charge in [-0.2, -0.15) is 0 Å². The van der Waals surface area contributed by atoms with Crippen LogP contribution in [-0.2, 0) is 5.41 Å². The van der Waals surface area contributed by atoms with Crippen molar-refractivity contribution in [2.24, 2.45) is 0 Å². The highest BCUT2D eigenvalue weighted by Gasteiger charge is 2.18. The van der Waals surface area contributed by atoms with Crippen LogP contribution in [0.5, 0.6) is 0 Å². The summed E-state index contributed by atoms with van der Waals surface area (Å²) in [5, 5.41) is 6.16. The van der Waals surface area contributed by atoms with E-state index in [4.69, 9.17) is 0 Å². The molecule has 2 amide bonds. The highest BCUT2D eigenvalue weighted by Crippen LogP contribution is 2.24. The summed E-state index contributed by atoms with van der Waals surface area (Å²) in [7, 11) is 0. The zero-order chi connectivity index (χ0) is 16.2. The maximum absolute atomic E-state index is 12.1. The highest BCUT2D eigenvalue weighted by atomic mass is 16.2. The molecule has 3 heteroatoms. The topological polar surface area (TPSA) is 41.1 Å². The Morgan fingerprint density at radius 2 is 1.68 bits per heavy atom. The molecule has 22 heavy (non-hydrogen) atoms. The minimum absolute atomic E-state index is 0.0256. The van der Waals surface area contributed by atoms with E-state index in [1.54, 1.807) is 0 Å². The molecule has 2 rings (SSSR count). The van der Waals surface area contributed by atoms with Crippen LogP contribution in [0.4, 0.5) is 4.79 Å². The van der Waals surface area contributed by atoms with Gasteiger partial charge in [-0.25, -0.2) is 4.79 Å². The summed E-state index contributed by atoms with van der Waals surface area (Å²) >= 11 is 0. The van der Waals surface area contributed by atoms with Crippen LogP contribution in [0.1, 0.15) is 77.0 Å². The molecule has 0 radical (unpaired) electrons. The standard InChI is InChI=1S/C19H30N2O/c1-14(15-10-12-16(13-11-15)19(2,3)4)20-18(22)21-17-8-6-5-7-9-17/h10-14,17H,5-9H2,1-4H3,(H2,20,21,22)/t14-/m0/s1. The van der Waals surface area contributed by atoms with Gasteiger partial charge < -0.3 is 10.6 Å². The molecule has 1 aromatic rings. The quantitative estimate of drug-likeness (QED) is 0.836. The number of amides is 2. The molecule has 0 saturated heterocycles. The molecule has 1 fully saturated rings. The van der Waals surface area contributed by atoms with Crippen molar-refractivity contribution in [1.82, 2.24) is 10.6 Å². The molecular formula is C19H30N2O. The van der Waals surface area contributed by atoms with Crippen LogP contribution in [-0.4, -0.2) is 12.1 Å². The lowest BCUT2D eigenvalue weighted by Crippen LogP contribution is -2.43. The fourth-order valence-electron chi connectivity index (χ4n) is 3.03. The molecule has 1 atom stereocenters. The molecule has 0 bridgehead atoms. The van der Waals surface area contributed by atoms with Gasteiger partial charge in [-0.15, -0.1) is 0 Å². The van der Waals surface area contributed by atoms with Gasteiger partial charge in [0.15, 0.2) is 0 Å². The molecule has 122 valence electrons. The first-order chi connectivity index (χ1) is 10.4. The van der Waals surface area contributed by atoms with Crippen LogP contribution in [0.15, 0.2) is 24.3 Å². The van der Waals surface area contributed by atoms with E-state index >= 15 is 0 Å². The van der Waals surface area contributed by atoms with Gasteiger partial charge in [0.1, 0.15) is 0 Å². The van der Waals surface area contributed by atoms with E-state index in [9.17, 15) is 4.79 Å². The minimum Gasteiger partial charge on any atom is -0.335 e. The lowest BCUT2D eigenvalue weighted by molar-refractivity contribution is 0.229. The molecule has 0 aliphatic heterocycles. The summed E-state index contributed by atoms with van der Waals surface area (Å²) in [5.74, 6) is 0. The maximum atomic E-state index is 12.1. The summed E-state index contributed by atoms with van der Waals surface area (Å²) in [6.45, 7) is 8.66. The second-order valence-electron chi connectivity index (χ2n) is 7.55. The first-order valence-corrected chi connectivity index (χ1v) is 8.54. The van der Waals surface area contributed by atoms with Crippen molar-refractivity contribution in [2.45, 2.75) is 77.3 Å². The SMILES string of the molecule is C[C@H](NC(=O)NC1CCCCC1)c1ccc(C(C)(C)C)cc1. The zero-order valence-corrected chi connectivity index (χ0v) is 14.4. The van der Waals surface area contributed by atoms with Gasteiger partial charge in [-0.05, 0) is 36.3 Å². The van der Waals surface area contributed by atoms with Gasteiger partial charge in [-0.3, -0.25) is 0 Å². The van der Waals surface area contributed by atoms with Crippen LogP contribution in [0.2, 0.25) is 0 Å². The van der Waals surface area contributed by atoms with Crippen molar-refractivity contribution < 1.29 is 4.79 Å². The highest BCUT2D eigenvalue weighted by molar-refractivity contribution is 5.74. The van der Waals surface area contributed by atoms with Crippen molar-refractivity contribution >= 4 is 6.03 Å². The molecular weight excluding hydrogens is 272 g/mol. The van der Waals surface area contributed by atoms with Crippen molar-refractivity contribution in [3.8, 4) is 0 Å². The summed E-state index contributed by atoms with van der Waals surface area (Å²) in [6, 6.07) is 8.89. The third-order valence-corrected chi connectivity index (χ3v) is 4.56. The molecule has 1 saturated carbocycles. The Bertz CT molecular complexity index is 481. The summed E-state index contributed by atoms with van der Waals surface area (Å²) in [5.41, 5.74) is 2.62. The second-order valence-corrected chi connectivity index (χ2v) is 7.55. The number of carbonyl (C=O) groups is 1. The summed E-state index contributed by atoms with van der Waals surface area (Å²) in [6.07, 6.45) is 5.99. The Kier molecular flexibility index (Phi) is 5.49. The van der Waals surface area contributed by atoms with Crippen molar-refractivity contribution in [1.29, 1.82) is 0 Å². The monoisotopic (exact) mass is 302 g/mol. The van der Waals surface area contributed by atoms with E-state index in [2.05, 4.69) is 55.7 Å². The van der Waals surface area contributed by atoms with E-state index in [1.165, 1.54) is 24.8 Å². The molecule has 0 aromatic heterocycles. The van der Waals surface area contributed by atoms with E-state index in [0.29, 0.717) is 6.04 Å². The fourth-order valence-corrected chi connectivity index (χ4v) is 3.03. The van der Waals surface area contributed by atoms with Gasteiger partial charge in [0.2, 0.25) is 0 Å². The molecule has 2 N–H and O–H groups in total. The molecule has 0 unspecified atom stereocenters. The number of rotatable bonds is 3. The molecule has 1 aromatic carbocycles. The number of hydrogen-bond acceptors (Lipinski definition) is 1. The Morgan fingerprint density at radius 1 is 1.09 bits per heavy atom. The third-order valence-electron chi connectivity index (χ3n) is 4.56. The van der Waals surface area contributed by atoms with E-state index in [-0.39, 0.29) is 17.5 Å². The van der Waals surface area contributed by atoms with Crippen LogP contribution in [0, 0.1) is 0 Å². The first-order valence-electron chi connectivity index (χ1n) is 8.54. The van der Waals surface area contributed by atoms with Gasteiger partial charge in [0.05, 0.1) is 6.04 Å². The first kappa shape index (κ1) is 16.9. The third kappa shape index (κ3) is 4.75. The van der Waals surface area contributed by atoms with Crippen molar-refractivity contribution in [2.75, 3.05) is 0 Å². The van der Waals surface area contributed by atoms with Crippen LogP contribution in [0.25, 0.3) is 0 Å². The number of urea groups is 1. The van der Waals surface area contributed by atoms with E-state index in [0.717, 1.165) is 18.4 Å². The normalized spacial score (nSPS) is 17.8. The zero-order valence-electron chi connectivity index (χ0n) is 14.4. The Morgan fingerprint density at radius 3 is 2.23 bits per heavy atom. The van der Waals surface area contributed by atoms with Crippen molar-refractivity contribution in [3.63, 3.8) is 0 Å². The molecule has 0 heterocycles. The van der Waals surface area contributed by atoms with E-state index < -0.39 is 0 Å². The van der Waals surface area contributed by atoms with Crippen LogP contribution >= 0.6 is 0 Å². The van der Waals surface area contributed by atoms with Crippen molar-refractivity contribution in [3.05, 3.63) is 35.4 Å². The van der Waals surface area contributed by atoms with Crippen LogP contribution in [0.3, 0.4) is 0 Å².